The molecule has 1 aliphatic heterocycles. The predicted molar refractivity (Wildman–Crippen MR) is 66.4 cm³/mol. The van der Waals surface area contributed by atoms with Crippen LogP contribution in [-0.2, 0) is 15.8 Å². The Morgan fingerprint density at radius 2 is 2.00 bits per heavy atom. The van der Waals surface area contributed by atoms with Crippen molar-refractivity contribution in [2.75, 3.05) is 5.43 Å². The number of hydrogen-bond donors (Lipinski definition) is 1. The summed E-state index contributed by atoms with van der Waals surface area (Å²) in [5.41, 5.74) is 0.843. The normalized spacial score (nSPS) is 15.0. The first-order valence-corrected chi connectivity index (χ1v) is 5.62. The molecule has 1 aromatic rings. The van der Waals surface area contributed by atoms with Crippen molar-refractivity contribution in [3.05, 3.63) is 35.0 Å². The molecule has 0 atom stereocenters. The van der Waals surface area contributed by atoms with Crippen molar-refractivity contribution in [1.82, 2.24) is 9.99 Å². The van der Waals surface area contributed by atoms with E-state index in [9.17, 15) is 22.8 Å². The number of terminal acetylenes is 1. The molecule has 0 saturated carbocycles. The molecule has 0 aliphatic carbocycles. The van der Waals surface area contributed by atoms with Gasteiger partial charge in [-0.25, -0.2) is 4.98 Å². The molecule has 0 saturated heterocycles. The molecule has 2 rings (SSSR count). The molecule has 2 amide bonds. The van der Waals surface area contributed by atoms with Gasteiger partial charge < -0.3 is 0 Å². The van der Waals surface area contributed by atoms with Gasteiger partial charge in [0.1, 0.15) is 11.5 Å². The summed E-state index contributed by atoms with van der Waals surface area (Å²) >= 11 is 0. The molecule has 8 heteroatoms. The Kier molecular flexibility index (Phi) is 3.43. The third-order valence-corrected chi connectivity index (χ3v) is 2.66. The molecule has 0 bridgehead atoms. The highest BCUT2D eigenvalue weighted by molar-refractivity contribution is 6.16. The van der Waals surface area contributed by atoms with Crippen molar-refractivity contribution in [2.45, 2.75) is 13.1 Å². The van der Waals surface area contributed by atoms with Gasteiger partial charge in [-0.15, -0.1) is 6.42 Å². The summed E-state index contributed by atoms with van der Waals surface area (Å²) in [4.78, 5) is 26.7. The minimum Gasteiger partial charge on any atom is -0.271 e. The number of rotatable bonds is 2. The van der Waals surface area contributed by atoms with Crippen LogP contribution in [-0.4, -0.2) is 21.8 Å². The highest BCUT2D eigenvalue weighted by Crippen LogP contribution is 2.31. The first kappa shape index (κ1) is 14.6. The predicted octanol–water partition coefficient (Wildman–Crippen LogP) is 1.72. The van der Waals surface area contributed by atoms with Crippen LogP contribution in [0.25, 0.3) is 0 Å². The summed E-state index contributed by atoms with van der Waals surface area (Å²) in [6.45, 7) is 1.44. The minimum absolute atomic E-state index is 0.138. The lowest BCUT2D eigenvalue weighted by atomic mass is 10.2. The smallest absolute Gasteiger partial charge is 0.271 e. The number of hydrazine groups is 1. The Morgan fingerprint density at radius 3 is 2.48 bits per heavy atom. The van der Waals surface area contributed by atoms with Gasteiger partial charge in [-0.1, -0.05) is 0 Å². The van der Waals surface area contributed by atoms with Crippen LogP contribution in [0.4, 0.5) is 19.0 Å². The van der Waals surface area contributed by atoms with Gasteiger partial charge in [0.2, 0.25) is 0 Å². The second-order valence-electron chi connectivity index (χ2n) is 4.15. The number of halogens is 3. The van der Waals surface area contributed by atoms with Gasteiger partial charge in [0.05, 0.1) is 5.56 Å². The molecule has 0 fully saturated rings. The average molecular weight is 295 g/mol. The van der Waals surface area contributed by atoms with Crippen molar-refractivity contribution >= 4 is 17.6 Å². The molecule has 1 N–H and O–H groups in total. The molecule has 0 radical (unpaired) electrons. The number of nitrogens with one attached hydrogen (secondary N) is 1. The van der Waals surface area contributed by atoms with E-state index in [-0.39, 0.29) is 11.4 Å². The summed E-state index contributed by atoms with van der Waals surface area (Å²) in [5.74, 6) is 0.443. The second-order valence-corrected chi connectivity index (χ2v) is 4.15. The molecule has 0 aromatic carbocycles. The van der Waals surface area contributed by atoms with Crippen LogP contribution in [0.5, 0.6) is 0 Å². The molecule has 108 valence electrons. The van der Waals surface area contributed by atoms with Gasteiger partial charge >= 0.3 is 6.18 Å². The third kappa shape index (κ3) is 2.72. The number of carbonyl (C=O) groups is 2. The van der Waals surface area contributed by atoms with Crippen LogP contribution >= 0.6 is 0 Å². The summed E-state index contributed by atoms with van der Waals surface area (Å²) < 4.78 is 38.0. The average Bonchev–Trinajstić information content (AvgIpc) is 2.64. The van der Waals surface area contributed by atoms with Gasteiger partial charge in [-0.05, 0) is 25.0 Å². The number of hydrogen-bond acceptors (Lipinski definition) is 4. The van der Waals surface area contributed by atoms with Crippen molar-refractivity contribution in [3.8, 4) is 12.3 Å². The van der Waals surface area contributed by atoms with Crippen LogP contribution in [0.1, 0.15) is 18.2 Å². The van der Waals surface area contributed by atoms with E-state index in [1.54, 1.807) is 0 Å². The van der Waals surface area contributed by atoms with E-state index in [0.717, 1.165) is 18.2 Å². The number of pyridine rings is 1. The maximum Gasteiger partial charge on any atom is 0.419 e. The number of carbonyl (C=O) groups excluding carboxylic acids is 2. The fourth-order valence-corrected chi connectivity index (χ4v) is 1.67. The van der Waals surface area contributed by atoms with Gasteiger partial charge in [-0.3, -0.25) is 15.0 Å². The Hall–Kier alpha value is -2.82. The van der Waals surface area contributed by atoms with Crippen LogP contribution < -0.4 is 5.43 Å². The zero-order chi connectivity index (χ0) is 15.8. The number of amides is 2. The number of anilines is 1. The van der Waals surface area contributed by atoms with Gasteiger partial charge in [0.25, 0.3) is 11.8 Å². The van der Waals surface area contributed by atoms with Crippen molar-refractivity contribution in [1.29, 1.82) is 0 Å². The lowest BCUT2D eigenvalue weighted by molar-refractivity contribution is -0.138. The largest absolute Gasteiger partial charge is 0.419 e. The monoisotopic (exact) mass is 295 g/mol. The van der Waals surface area contributed by atoms with E-state index >= 15 is 0 Å². The zero-order valence-electron chi connectivity index (χ0n) is 10.7. The van der Waals surface area contributed by atoms with Gasteiger partial charge in [-0.2, -0.15) is 18.2 Å². The molecular formula is C13H8F3N3O2. The lowest BCUT2D eigenvalue weighted by Crippen LogP contribution is -2.36. The van der Waals surface area contributed by atoms with E-state index in [2.05, 4.69) is 10.4 Å². The van der Waals surface area contributed by atoms with Gasteiger partial charge in [0, 0.05) is 11.6 Å². The van der Waals surface area contributed by atoms with Crippen molar-refractivity contribution in [3.63, 3.8) is 0 Å². The third-order valence-electron chi connectivity index (χ3n) is 2.66. The number of aromatic nitrogens is 1. The summed E-state index contributed by atoms with van der Waals surface area (Å²) in [5, 5.41) is 0.644. The van der Waals surface area contributed by atoms with E-state index in [0.29, 0.717) is 5.01 Å². The fraction of sp³-hybridized carbons (Fsp3) is 0.154. The number of alkyl halides is 3. The number of nitrogens with zero attached hydrogens (tertiary/aromatic N) is 2. The maximum atomic E-state index is 12.7. The zero-order valence-corrected chi connectivity index (χ0v) is 10.7. The van der Waals surface area contributed by atoms with Crippen LogP contribution in [0.3, 0.4) is 0 Å². The summed E-state index contributed by atoms with van der Waals surface area (Å²) in [7, 11) is 0. The topological polar surface area (TPSA) is 62.3 Å². The fourth-order valence-electron chi connectivity index (χ4n) is 1.67. The summed E-state index contributed by atoms with van der Waals surface area (Å²) in [6.07, 6.45) is 1.47. The molecule has 1 aliphatic rings. The van der Waals surface area contributed by atoms with Crippen LogP contribution in [0, 0.1) is 12.3 Å². The second kappa shape index (κ2) is 4.94. The Bertz CT molecular complexity index is 702. The van der Waals surface area contributed by atoms with Gasteiger partial charge in [0.15, 0.2) is 0 Å². The SMILES string of the molecule is C#Cc1nc(NN2C(=O)C=C(C)C2=O)ccc1C(F)(F)F. The Morgan fingerprint density at radius 1 is 1.33 bits per heavy atom. The molecular weight excluding hydrogens is 287 g/mol. The van der Waals surface area contributed by atoms with E-state index in [1.165, 1.54) is 6.92 Å². The van der Waals surface area contributed by atoms with Crippen molar-refractivity contribution < 1.29 is 22.8 Å². The molecule has 2 heterocycles. The number of imide groups is 1. The maximum absolute atomic E-state index is 12.7. The molecule has 1 aromatic heterocycles. The van der Waals surface area contributed by atoms with Crippen LogP contribution in [0.15, 0.2) is 23.8 Å². The first-order valence-electron chi connectivity index (χ1n) is 5.62. The Balaban J connectivity index is 2.30. The van der Waals surface area contributed by atoms with Crippen LogP contribution in [0.2, 0.25) is 0 Å². The van der Waals surface area contributed by atoms with E-state index in [1.807, 2.05) is 5.92 Å². The minimum atomic E-state index is -4.63. The molecule has 5 nitrogen and oxygen atoms in total. The lowest BCUT2D eigenvalue weighted by Gasteiger charge is -2.17. The summed E-state index contributed by atoms with van der Waals surface area (Å²) in [6, 6.07) is 1.72. The molecule has 0 spiro atoms. The first-order chi connectivity index (χ1) is 9.74. The molecule has 0 unspecified atom stereocenters. The standard InChI is InChI=1S/C13H8F3N3O2/c1-3-9-8(13(14,15)16)4-5-10(17-9)18-19-11(20)6-7(2)12(19)21/h1,4-6H,2H3,(H,17,18). The van der Waals surface area contributed by atoms with E-state index < -0.39 is 29.2 Å². The highest BCUT2D eigenvalue weighted by Gasteiger charge is 2.34. The van der Waals surface area contributed by atoms with Crippen molar-refractivity contribution in [2.24, 2.45) is 0 Å². The highest BCUT2D eigenvalue weighted by atomic mass is 19.4. The quantitative estimate of drug-likeness (QED) is 0.666. The Labute approximate surface area is 117 Å². The molecule has 21 heavy (non-hydrogen) atoms. The van der Waals surface area contributed by atoms with E-state index in [4.69, 9.17) is 6.42 Å².